The number of nitriles is 1. The van der Waals surface area contributed by atoms with Crippen LogP contribution in [0, 0.1) is 11.5 Å². The van der Waals surface area contributed by atoms with Gasteiger partial charge in [0.2, 0.25) is 5.96 Å². The summed E-state index contributed by atoms with van der Waals surface area (Å²) in [5.41, 5.74) is 4.36. The molecule has 2 aliphatic rings. The van der Waals surface area contributed by atoms with Gasteiger partial charge in [0, 0.05) is 5.70 Å². The van der Waals surface area contributed by atoms with Crippen molar-refractivity contribution in [2.45, 2.75) is 38.5 Å². The highest BCUT2D eigenvalue weighted by Crippen LogP contribution is 2.41. The van der Waals surface area contributed by atoms with Crippen molar-refractivity contribution in [1.82, 2.24) is 10.6 Å². The Labute approximate surface area is 193 Å². The Morgan fingerprint density at radius 1 is 0.971 bits per heavy atom. The molecule has 0 saturated carbocycles. The van der Waals surface area contributed by atoms with Crippen molar-refractivity contribution in [1.29, 1.82) is 5.26 Å². The van der Waals surface area contributed by atoms with Gasteiger partial charge in [-0.3, -0.25) is 5.32 Å². The molecule has 6 nitrogen and oxygen atoms in total. The molecule has 1 aliphatic heterocycles. The van der Waals surface area contributed by atoms with Crippen molar-refractivity contribution in [2.75, 3.05) is 0 Å². The van der Waals surface area contributed by atoms with Crippen LogP contribution in [-0.2, 0) is 0 Å². The van der Waals surface area contributed by atoms with Crippen LogP contribution < -0.4 is 20.1 Å². The summed E-state index contributed by atoms with van der Waals surface area (Å²) >= 11 is 0. The summed E-state index contributed by atoms with van der Waals surface area (Å²) in [5, 5.41) is 14.8. The number of benzene rings is 2. The predicted molar refractivity (Wildman–Crippen MR) is 117 cm³/mol. The van der Waals surface area contributed by atoms with E-state index in [4.69, 9.17) is 5.26 Å². The second kappa shape index (κ2) is 10.3. The van der Waals surface area contributed by atoms with Crippen LogP contribution in [0.2, 0.25) is 0 Å². The number of hydrogen-bond acceptors (Lipinski definition) is 6. The van der Waals surface area contributed by atoms with Crippen LogP contribution in [-0.4, -0.2) is 19.2 Å². The minimum absolute atomic E-state index is 0.0461. The van der Waals surface area contributed by atoms with Crippen molar-refractivity contribution in [3.63, 3.8) is 0 Å². The zero-order chi connectivity index (χ0) is 24.1. The predicted octanol–water partition coefficient (Wildman–Crippen LogP) is 5.48. The number of nitrogens with zero attached hydrogens (tertiary/aromatic N) is 2. The molecule has 1 heterocycles. The zero-order valence-corrected chi connectivity index (χ0v) is 17.8. The van der Waals surface area contributed by atoms with Gasteiger partial charge in [-0.1, -0.05) is 24.3 Å². The summed E-state index contributed by atoms with van der Waals surface area (Å²) in [6.07, 6.45) is 6.17. The molecule has 0 radical (unpaired) electrons. The number of allylic oxidation sites excluding steroid dienone is 1. The van der Waals surface area contributed by atoms with Crippen LogP contribution in [0.4, 0.5) is 17.6 Å². The van der Waals surface area contributed by atoms with E-state index < -0.39 is 19.3 Å². The summed E-state index contributed by atoms with van der Waals surface area (Å²) in [5.74, 6) is 0.390. The lowest BCUT2D eigenvalue weighted by Gasteiger charge is -2.32. The van der Waals surface area contributed by atoms with Gasteiger partial charge in [0.1, 0.15) is 17.5 Å². The minimum atomic E-state index is -2.91. The summed E-state index contributed by atoms with van der Waals surface area (Å²) in [6, 6.07) is 12.2. The molecule has 0 saturated heterocycles. The molecule has 34 heavy (non-hydrogen) atoms. The van der Waals surface area contributed by atoms with Gasteiger partial charge in [-0.15, -0.1) is 0 Å². The van der Waals surface area contributed by atoms with Gasteiger partial charge < -0.3 is 14.8 Å². The fraction of sp³-hybridized carbons (Fsp3) is 0.250. The first-order valence-electron chi connectivity index (χ1n) is 10.5. The van der Waals surface area contributed by atoms with Gasteiger partial charge in [0.15, 0.2) is 6.19 Å². The van der Waals surface area contributed by atoms with E-state index in [0.717, 1.165) is 47.2 Å². The molecule has 0 spiro atoms. The maximum atomic E-state index is 12.5. The van der Waals surface area contributed by atoms with Gasteiger partial charge in [-0.05, 0) is 71.9 Å². The second-order valence-electron chi connectivity index (χ2n) is 7.56. The lowest BCUT2D eigenvalue weighted by molar-refractivity contribution is -0.0505. The van der Waals surface area contributed by atoms with E-state index >= 15 is 0 Å². The fourth-order valence-electron chi connectivity index (χ4n) is 4.03. The van der Waals surface area contributed by atoms with E-state index in [1.165, 1.54) is 24.3 Å². The number of rotatable bonds is 6. The summed E-state index contributed by atoms with van der Waals surface area (Å²) in [7, 11) is 0. The highest BCUT2D eigenvalue weighted by molar-refractivity contribution is 5.86. The van der Waals surface area contributed by atoms with Crippen LogP contribution >= 0.6 is 0 Å². The Balaban J connectivity index is 1.66. The van der Waals surface area contributed by atoms with E-state index in [-0.39, 0.29) is 17.5 Å². The normalized spacial score (nSPS) is 18.8. The molecule has 0 bridgehead atoms. The molecule has 1 unspecified atom stereocenters. The molecule has 1 aliphatic carbocycles. The SMILES string of the molecule is N#CNC1=NC(c2ccc(OC(F)F)cc2)C2=C(N1)C(=Cc1ccc(OC(F)F)cc1)CCC2. The molecular weight excluding hydrogens is 452 g/mol. The lowest BCUT2D eigenvalue weighted by atomic mass is 9.84. The standard InChI is InChI=1S/C24H20F4N4O2/c25-22(26)33-17-8-4-14(5-9-17)12-16-2-1-3-19-20(31-24(30-13-29)32-21(16)19)15-6-10-18(11-7-15)34-23(27)28/h4-12,20,22-23H,1-3H2,(H2,30,31,32). The third-order valence-electron chi connectivity index (χ3n) is 5.41. The first kappa shape index (κ1) is 23.2. The third kappa shape index (κ3) is 5.49. The van der Waals surface area contributed by atoms with Gasteiger partial charge >= 0.3 is 13.2 Å². The molecule has 176 valence electrons. The largest absolute Gasteiger partial charge is 0.435 e. The molecule has 4 rings (SSSR count). The number of nitrogens with one attached hydrogen (secondary N) is 2. The Morgan fingerprint density at radius 2 is 1.59 bits per heavy atom. The van der Waals surface area contributed by atoms with Crippen LogP contribution in [0.1, 0.15) is 36.4 Å². The maximum Gasteiger partial charge on any atom is 0.387 e. The van der Waals surface area contributed by atoms with Gasteiger partial charge in [-0.25, -0.2) is 4.99 Å². The molecule has 1 atom stereocenters. The molecular formula is C24H20F4N4O2. The highest BCUT2D eigenvalue weighted by atomic mass is 19.3. The van der Waals surface area contributed by atoms with E-state index in [0.29, 0.717) is 0 Å². The average molecular weight is 472 g/mol. The average Bonchev–Trinajstić information content (AvgIpc) is 2.80. The van der Waals surface area contributed by atoms with Crippen LogP contribution in [0.3, 0.4) is 0 Å². The molecule has 2 aromatic carbocycles. The van der Waals surface area contributed by atoms with Crippen LogP contribution in [0.25, 0.3) is 6.08 Å². The summed E-state index contributed by atoms with van der Waals surface area (Å²) in [4.78, 5) is 4.61. The maximum absolute atomic E-state index is 12.5. The topological polar surface area (TPSA) is 78.7 Å². The Morgan fingerprint density at radius 3 is 2.18 bits per heavy atom. The molecule has 0 amide bonds. The highest BCUT2D eigenvalue weighted by Gasteiger charge is 2.30. The minimum Gasteiger partial charge on any atom is -0.435 e. The van der Waals surface area contributed by atoms with Crippen molar-refractivity contribution >= 4 is 12.0 Å². The Kier molecular flexibility index (Phi) is 7.01. The molecule has 0 fully saturated rings. The van der Waals surface area contributed by atoms with E-state index in [9.17, 15) is 17.6 Å². The number of ether oxygens (including phenoxy) is 2. The van der Waals surface area contributed by atoms with E-state index in [2.05, 4.69) is 25.1 Å². The van der Waals surface area contributed by atoms with E-state index in [1.54, 1.807) is 24.3 Å². The van der Waals surface area contributed by atoms with Crippen LogP contribution in [0.5, 0.6) is 11.5 Å². The summed E-state index contributed by atoms with van der Waals surface area (Å²) in [6.45, 7) is -5.80. The molecule has 2 N–H and O–H groups in total. The number of guanidine groups is 1. The lowest BCUT2D eigenvalue weighted by Crippen LogP contribution is -2.39. The van der Waals surface area contributed by atoms with Gasteiger partial charge in [0.25, 0.3) is 0 Å². The number of hydrogen-bond donors (Lipinski definition) is 2. The number of halogens is 4. The summed E-state index contributed by atoms with van der Waals surface area (Å²) < 4.78 is 58.6. The second-order valence-corrected chi connectivity index (χ2v) is 7.56. The van der Waals surface area contributed by atoms with Crippen molar-refractivity contribution in [3.8, 4) is 17.7 Å². The fourth-order valence-corrected chi connectivity index (χ4v) is 4.03. The zero-order valence-electron chi connectivity index (χ0n) is 17.8. The quantitative estimate of drug-likeness (QED) is 0.331. The van der Waals surface area contributed by atoms with Crippen LogP contribution in [0.15, 0.2) is 70.4 Å². The van der Waals surface area contributed by atoms with Crippen molar-refractivity contribution in [3.05, 3.63) is 76.5 Å². The number of alkyl halides is 4. The Hall–Kier alpha value is -4.00. The van der Waals surface area contributed by atoms with Crippen molar-refractivity contribution in [2.24, 2.45) is 4.99 Å². The third-order valence-corrected chi connectivity index (χ3v) is 5.41. The smallest absolute Gasteiger partial charge is 0.387 e. The molecule has 10 heteroatoms. The van der Waals surface area contributed by atoms with Gasteiger partial charge in [-0.2, -0.15) is 22.8 Å². The number of aliphatic imine (C=N–C) groups is 1. The molecule has 0 aromatic heterocycles. The van der Waals surface area contributed by atoms with Gasteiger partial charge in [0.05, 0.1) is 0 Å². The van der Waals surface area contributed by atoms with Crippen molar-refractivity contribution < 1.29 is 27.0 Å². The Bertz CT molecular complexity index is 1150. The first-order valence-corrected chi connectivity index (χ1v) is 10.5. The van der Waals surface area contributed by atoms with E-state index in [1.807, 2.05) is 12.3 Å². The first-order chi connectivity index (χ1) is 16.4. The molecule has 2 aromatic rings. The monoisotopic (exact) mass is 472 g/mol.